The van der Waals surface area contributed by atoms with Crippen LogP contribution in [0, 0.1) is 5.92 Å². The van der Waals surface area contributed by atoms with Crippen LogP contribution in [0.5, 0.6) is 0 Å². The van der Waals surface area contributed by atoms with Gasteiger partial charge in [0.25, 0.3) is 0 Å². The van der Waals surface area contributed by atoms with Crippen LogP contribution in [0.4, 0.5) is 0 Å². The molecule has 114 valence electrons. The zero-order valence-electron chi connectivity index (χ0n) is 12.4. The number of ether oxygens (including phenoxy) is 2. The van der Waals surface area contributed by atoms with Crippen molar-refractivity contribution in [3.63, 3.8) is 0 Å². The molecule has 0 spiro atoms. The van der Waals surface area contributed by atoms with Gasteiger partial charge in [0.15, 0.2) is 0 Å². The zero-order chi connectivity index (χ0) is 14.9. The van der Waals surface area contributed by atoms with Gasteiger partial charge in [-0.25, -0.2) is 0 Å². The standard InChI is InChI=1S/C17H22O3Te/c1-19-13-20-12-15-8-6-5-7-14(15)11-17(18)21-16-9-3-2-4-10-16/h2-4,8-10,14H,5-7,11-13H2,1H3/t14-/m0/s1. The van der Waals surface area contributed by atoms with Crippen LogP contribution in [-0.4, -0.2) is 45.3 Å². The number of allylic oxidation sites excluding steroid dienone is 1. The molecule has 4 heteroatoms. The van der Waals surface area contributed by atoms with Gasteiger partial charge in [-0.05, 0) is 0 Å². The van der Waals surface area contributed by atoms with E-state index in [0.29, 0.717) is 29.6 Å². The molecule has 0 amide bonds. The van der Waals surface area contributed by atoms with E-state index in [1.165, 1.54) is 15.6 Å². The Balaban J connectivity index is 1.86. The zero-order valence-corrected chi connectivity index (χ0v) is 14.7. The van der Waals surface area contributed by atoms with Gasteiger partial charge in [-0.1, -0.05) is 0 Å². The van der Waals surface area contributed by atoms with E-state index in [1.54, 1.807) is 7.11 Å². The first-order valence-corrected chi connectivity index (χ1v) is 9.64. The Morgan fingerprint density at radius 1 is 1.33 bits per heavy atom. The van der Waals surface area contributed by atoms with Crippen LogP contribution in [0.3, 0.4) is 0 Å². The molecule has 0 heterocycles. The van der Waals surface area contributed by atoms with E-state index in [0.717, 1.165) is 12.8 Å². The fourth-order valence-electron chi connectivity index (χ4n) is 2.52. The Labute approximate surface area is 136 Å². The van der Waals surface area contributed by atoms with E-state index in [4.69, 9.17) is 9.47 Å². The van der Waals surface area contributed by atoms with Gasteiger partial charge >= 0.3 is 137 Å². The molecule has 21 heavy (non-hydrogen) atoms. The molecule has 3 nitrogen and oxygen atoms in total. The summed E-state index contributed by atoms with van der Waals surface area (Å²) in [5.41, 5.74) is 1.28. The van der Waals surface area contributed by atoms with Gasteiger partial charge in [0.2, 0.25) is 0 Å². The molecule has 2 rings (SSSR count). The molecule has 0 aliphatic heterocycles. The maximum absolute atomic E-state index is 12.3. The number of hydrogen-bond acceptors (Lipinski definition) is 3. The predicted molar refractivity (Wildman–Crippen MR) is 84.7 cm³/mol. The second-order valence-electron chi connectivity index (χ2n) is 5.15. The topological polar surface area (TPSA) is 35.5 Å². The van der Waals surface area contributed by atoms with Crippen molar-refractivity contribution in [2.75, 3.05) is 20.5 Å². The first kappa shape index (κ1) is 16.7. The normalized spacial score (nSPS) is 18.3. The second kappa shape index (κ2) is 9.38. The molecular weight excluding hydrogens is 380 g/mol. The van der Waals surface area contributed by atoms with Crippen LogP contribution >= 0.6 is 0 Å². The number of carbonyl (C=O) groups excluding carboxylic acids is 1. The summed E-state index contributed by atoms with van der Waals surface area (Å²) in [6, 6.07) is 10.2. The number of hydrogen-bond donors (Lipinski definition) is 0. The van der Waals surface area contributed by atoms with Gasteiger partial charge < -0.3 is 0 Å². The molecule has 0 aromatic heterocycles. The molecular formula is C17H22O3Te. The van der Waals surface area contributed by atoms with Crippen molar-refractivity contribution < 1.29 is 14.3 Å². The minimum absolute atomic E-state index is 0.316. The van der Waals surface area contributed by atoms with E-state index in [9.17, 15) is 4.79 Å². The van der Waals surface area contributed by atoms with Crippen LogP contribution < -0.4 is 3.61 Å². The molecule has 1 aliphatic rings. The second-order valence-corrected chi connectivity index (χ2v) is 8.38. The molecule has 1 aromatic rings. The Morgan fingerprint density at radius 3 is 2.90 bits per heavy atom. The third kappa shape index (κ3) is 5.92. The number of methoxy groups -OCH3 is 1. The van der Waals surface area contributed by atoms with Crippen molar-refractivity contribution in [2.45, 2.75) is 25.7 Å². The SMILES string of the molecule is COCOCC1=CCCC[C@H]1CC(=O)[Te]c1ccccc1. The maximum atomic E-state index is 12.3. The Morgan fingerprint density at radius 2 is 2.14 bits per heavy atom. The molecule has 0 saturated heterocycles. The van der Waals surface area contributed by atoms with Crippen molar-refractivity contribution >= 4 is 28.4 Å². The molecule has 1 aromatic carbocycles. The quantitative estimate of drug-likeness (QED) is 0.290. The fourth-order valence-corrected chi connectivity index (χ4v) is 4.92. The van der Waals surface area contributed by atoms with E-state index in [1.807, 2.05) is 18.2 Å². The summed E-state index contributed by atoms with van der Waals surface area (Å²) in [6.07, 6.45) is 6.32. The van der Waals surface area contributed by atoms with Gasteiger partial charge in [0, 0.05) is 0 Å². The third-order valence-corrected chi connectivity index (χ3v) is 6.12. The van der Waals surface area contributed by atoms with E-state index < -0.39 is 20.9 Å². The average molecular weight is 402 g/mol. The van der Waals surface area contributed by atoms with Gasteiger partial charge in [-0.2, -0.15) is 0 Å². The predicted octanol–water partition coefficient (Wildman–Crippen LogP) is 2.28. The first-order chi connectivity index (χ1) is 10.3. The van der Waals surface area contributed by atoms with Gasteiger partial charge in [0.1, 0.15) is 0 Å². The Bertz CT molecular complexity index is 470. The molecule has 0 fully saturated rings. The Hall–Kier alpha value is -0.660. The van der Waals surface area contributed by atoms with Gasteiger partial charge in [-0.15, -0.1) is 0 Å². The molecule has 0 N–H and O–H groups in total. The minimum atomic E-state index is -0.724. The van der Waals surface area contributed by atoms with Gasteiger partial charge in [-0.3, -0.25) is 0 Å². The fraction of sp³-hybridized carbons (Fsp3) is 0.471. The van der Waals surface area contributed by atoms with Crippen molar-refractivity contribution in [3.8, 4) is 0 Å². The summed E-state index contributed by atoms with van der Waals surface area (Å²) in [5, 5.41) is 0. The third-order valence-electron chi connectivity index (χ3n) is 3.55. The molecule has 0 saturated carbocycles. The number of carbonyl (C=O) groups is 1. The van der Waals surface area contributed by atoms with E-state index >= 15 is 0 Å². The summed E-state index contributed by atoms with van der Waals surface area (Å²) in [6.45, 7) is 0.911. The Kier molecular flexibility index (Phi) is 7.46. The summed E-state index contributed by atoms with van der Waals surface area (Å²) < 4.78 is 12.0. The number of rotatable bonds is 8. The molecule has 0 radical (unpaired) electrons. The van der Waals surface area contributed by atoms with Crippen LogP contribution in [0.15, 0.2) is 42.0 Å². The summed E-state index contributed by atoms with van der Waals surface area (Å²) in [5.74, 6) is 0.372. The van der Waals surface area contributed by atoms with E-state index in [2.05, 4.69) is 18.2 Å². The van der Waals surface area contributed by atoms with Crippen molar-refractivity contribution in [1.29, 1.82) is 0 Å². The van der Waals surface area contributed by atoms with Crippen molar-refractivity contribution in [3.05, 3.63) is 42.0 Å². The summed E-state index contributed by atoms with van der Waals surface area (Å²) in [7, 11) is 1.63. The summed E-state index contributed by atoms with van der Waals surface area (Å²) in [4.78, 5) is 12.3. The number of benzene rings is 1. The van der Waals surface area contributed by atoms with Crippen molar-refractivity contribution in [1.82, 2.24) is 0 Å². The molecule has 1 atom stereocenters. The molecule has 1 aliphatic carbocycles. The average Bonchev–Trinajstić information content (AvgIpc) is 2.50. The summed E-state index contributed by atoms with van der Waals surface area (Å²) >= 11 is -0.724. The van der Waals surface area contributed by atoms with Crippen LogP contribution in [0.1, 0.15) is 25.7 Å². The monoisotopic (exact) mass is 404 g/mol. The van der Waals surface area contributed by atoms with Crippen LogP contribution in [0.25, 0.3) is 0 Å². The molecule has 0 unspecified atom stereocenters. The van der Waals surface area contributed by atoms with Gasteiger partial charge in [0.05, 0.1) is 0 Å². The van der Waals surface area contributed by atoms with E-state index in [-0.39, 0.29) is 0 Å². The first-order valence-electron chi connectivity index (χ1n) is 7.31. The molecule has 0 bridgehead atoms. The van der Waals surface area contributed by atoms with Crippen molar-refractivity contribution in [2.24, 2.45) is 5.92 Å². The van der Waals surface area contributed by atoms with Crippen LogP contribution in [-0.2, 0) is 14.3 Å². The van der Waals surface area contributed by atoms with Crippen LogP contribution in [0.2, 0.25) is 0 Å².